The van der Waals surface area contributed by atoms with Crippen LogP contribution in [-0.4, -0.2) is 45.9 Å². The molecule has 0 aromatic heterocycles. The number of hydrogen-bond acceptors (Lipinski definition) is 4. The van der Waals surface area contributed by atoms with Crippen molar-refractivity contribution in [3.63, 3.8) is 0 Å². The van der Waals surface area contributed by atoms with Gasteiger partial charge in [-0.1, -0.05) is 0 Å². The number of hydrogen-bond donors (Lipinski definition) is 0. The molecule has 1 amide bonds. The molecule has 2 aromatic carbocycles. The van der Waals surface area contributed by atoms with Crippen molar-refractivity contribution in [1.82, 2.24) is 0 Å². The maximum absolute atomic E-state index is 12.9. The van der Waals surface area contributed by atoms with Gasteiger partial charge in [0.25, 0.3) is 5.91 Å². The molecule has 0 aliphatic carbocycles. The Kier molecular flexibility index (Phi) is 5.26. The summed E-state index contributed by atoms with van der Waals surface area (Å²) in [5.74, 6) is -0.621. The van der Waals surface area contributed by atoms with E-state index in [1.54, 1.807) is 11.9 Å². The summed E-state index contributed by atoms with van der Waals surface area (Å²) in [6, 6.07) is 13.5. The molecule has 5 nitrogen and oxygen atoms in total. The Morgan fingerprint density at radius 3 is 2.30 bits per heavy atom. The zero-order valence-corrected chi connectivity index (χ0v) is 16.9. The topological polar surface area (TPSA) is 36.0 Å². The van der Waals surface area contributed by atoms with Gasteiger partial charge in [0.05, 0.1) is 11.6 Å². The summed E-state index contributed by atoms with van der Waals surface area (Å²) in [5, 5.41) is 0. The summed E-state index contributed by atoms with van der Waals surface area (Å²) in [6.45, 7) is 0.845. The van der Waals surface area contributed by atoms with Crippen molar-refractivity contribution in [2.45, 2.75) is 19.0 Å². The van der Waals surface area contributed by atoms with E-state index >= 15 is 0 Å². The largest absolute Gasteiger partial charge is 0.481 e. The van der Waals surface area contributed by atoms with Crippen molar-refractivity contribution in [2.24, 2.45) is 5.92 Å². The van der Waals surface area contributed by atoms with E-state index in [0.29, 0.717) is 18.8 Å². The highest BCUT2D eigenvalue weighted by molar-refractivity contribution is 5.97. The predicted octanol–water partition coefficient (Wildman–Crippen LogP) is 4.59. The standard InChI is InChI=1S/C22H24F3N3O2/c1-26(18-7-8-19-20(13-18)30-14-21(29)27(19)2)16-3-5-17(6-4-16)28-11-9-15(10-12-28)22(23,24)25/h3-8,13,15H,9-12,14H2,1-2H3. The van der Waals surface area contributed by atoms with E-state index in [1.807, 2.05) is 59.3 Å². The van der Waals surface area contributed by atoms with Crippen LogP contribution in [0.5, 0.6) is 5.75 Å². The van der Waals surface area contributed by atoms with Crippen molar-refractivity contribution in [3.05, 3.63) is 42.5 Å². The van der Waals surface area contributed by atoms with Crippen molar-refractivity contribution < 1.29 is 22.7 Å². The van der Waals surface area contributed by atoms with Gasteiger partial charge in [0, 0.05) is 50.3 Å². The number of carbonyl (C=O) groups is 1. The third-order valence-corrected chi connectivity index (χ3v) is 5.98. The molecule has 2 heterocycles. The van der Waals surface area contributed by atoms with E-state index in [1.165, 1.54) is 0 Å². The van der Waals surface area contributed by atoms with Crippen LogP contribution in [0.15, 0.2) is 42.5 Å². The highest BCUT2D eigenvalue weighted by Gasteiger charge is 2.41. The second-order valence-corrected chi connectivity index (χ2v) is 7.77. The number of halogens is 3. The average molecular weight is 419 g/mol. The van der Waals surface area contributed by atoms with Gasteiger partial charge in [-0.2, -0.15) is 13.2 Å². The van der Waals surface area contributed by atoms with Gasteiger partial charge in [-0.3, -0.25) is 4.79 Å². The third-order valence-electron chi connectivity index (χ3n) is 5.98. The molecular formula is C22H24F3N3O2. The molecule has 2 aromatic rings. The van der Waals surface area contributed by atoms with Crippen LogP contribution in [0, 0.1) is 5.92 Å². The Balaban J connectivity index is 1.45. The minimum Gasteiger partial charge on any atom is -0.481 e. The number of ether oxygens (including phenoxy) is 1. The summed E-state index contributed by atoms with van der Waals surface area (Å²) in [7, 11) is 3.66. The van der Waals surface area contributed by atoms with Gasteiger partial charge in [-0.25, -0.2) is 0 Å². The van der Waals surface area contributed by atoms with Crippen LogP contribution >= 0.6 is 0 Å². The zero-order valence-electron chi connectivity index (χ0n) is 16.9. The normalized spacial score (nSPS) is 17.6. The summed E-state index contributed by atoms with van der Waals surface area (Å²) < 4.78 is 44.2. The van der Waals surface area contributed by atoms with Gasteiger partial charge in [-0.05, 0) is 49.2 Å². The smallest absolute Gasteiger partial charge is 0.391 e. The number of fused-ring (bicyclic) bond motifs is 1. The zero-order chi connectivity index (χ0) is 21.5. The van der Waals surface area contributed by atoms with Gasteiger partial charge in [0.1, 0.15) is 5.75 Å². The monoisotopic (exact) mass is 419 g/mol. The molecule has 160 valence electrons. The third kappa shape index (κ3) is 3.91. The lowest BCUT2D eigenvalue weighted by atomic mass is 9.96. The molecule has 0 N–H and O–H groups in total. The first-order valence-electron chi connectivity index (χ1n) is 9.93. The molecule has 0 unspecified atom stereocenters. The van der Waals surface area contributed by atoms with E-state index in [2.05, 4.69) is 0 Å². The Hall–Kier alpha value is -2.90. The van der Waals surface area contributed by atoms with E-state index in [9.17, 15) is 18.0 Å². The Morgan fingerprint density at radius 1 is 1.03 bits per heavy atom. The molecule has 1 fully saturated rings. The first-order chi connectivity index (χ1) is 14.2. The van der Waals surface area contributed by atoms with Crippen molar-refractivity contribution in [3.8, 4) is 5.75 Å². The highest BCUT2D eigenvalue weighted by atomic mass is 19.4. The van der Waals surface area contributed by atoms with Gasteiger partial charge in [0.2, 0.25) is 0 Å². The molecule has 2 aliphatic rings. The fourth-order valence-electron chi connectivity index (χ4n) is 3.98. The molecule has 8 heteroatoms. The van der Waals surface area contributed by atoms with Crippen molar-refractivity contribution in [2.75, 3.05) is 48.5 Å². The molecule has 0 saturated carbocycles. The summed E-state index contributed by atoms with van der Waals surface area (Å²) in [5.41, 5.74) is 3.53. The summed E-state index contributed by atoms with van der Waals surface area (Å²) in [4.78, 5) is 17.3. The van der Waals surface area contributed by atoms with Gasteiger partial charge in [0.15, 0.2) is 6.61 Å². The van der Waals surface area contributed by atoms with E-state index in [4.69, 9.17) is 4.74 Å². The lowest BCUT2D eigenvalue weighted by Gasteiger charge is -2.34. The molecular weight excluding hydrogens is 395 g/mol. The number of benzene rings is 2. The second kappa shape index (κ2) is 7.74. The van der Waals surface area contributed by atoms with Gasteiger partial charge in [-0.15, -0.1) is 0 Å². The highest BCUT2D eigenvalue weighted by Crippen LogP contribution is 2.38. The van der Waals surface area contributed by atoms with Crippen LogP contribution in [-0.2, 0) is 4.79 Å². The minimum atomic E-state index is -4.10. The Bertz CT molecular complexity index is 922. The number of rotatable bonds is 3. The quantitative estimate of drug-likeness (QED) is 0.729. The number of piperidine rings is 1. The first kappa shape index (κ1) is 20.4. The van der Waals surface area contributed by atoms with Crippen molar-refractivity contribution in [1.29, 1.82) is 0 Å². The molecule has 0 radical (unpaired) electrons. The molecule has 1 saturated heterocycles. The van der Waals surface area contributed by atoms with E-state index in [0.717, 1.165) is 22.7 Å². The SMILES string of the molecule is CN1C(=O)COc2cc(N(C)c3ccc(N4CCC(C(F)(F)F)CC4)cc3)ccc21. The number of likely N-dealkylation sites (N-methyl/N-ethyl adjacent to an activating group) is 1. The van der Waals surface area contributed by atoms with Gasteiger partial charge < -0.3 is 19.4 Å². The maximum Gasteiger partial charge on any atom is 0.391 e. The summed E-state index contributed by atoms with van der Waals surface area (Å²) in [6.07, 6.45) is -3.83. The average Bonchev–Trinajstić information content (AvgIpc) is 2.75. The molecule has 2 aliphatic heterocycles. The van der Waals surface area contributed by atoms with Crippen LogP contribution in [0.1, 0.15) is 12.8 Å². The number of amides is 1. The Labute approximate surface area is 173 Å². The molecule has 0 bridgehead atoms. The number of carbonyl (C=O) groups excluding carboxylic acids is 1. The van der Waals surface area contributed by atoms with Crippen molar-refractivity contribution >= 4 is 28.7 Å². The van der Waals surface area contributed by atoms with Crippen LogP contribution in [0.25, 0.3) is 0 Å². The van der Waals surface area contributed by atoms with Crippen LogP contribution < -0.4 is 19.4 Å². The fourth-order valence-corrected chi connectivity index (χ4v) is 3.98. The first-order valence-corrected chi connectivity index (χ1v) is 9.93. The minimum absolute atomic E-state index is 0.0242. The fraction of sp³-hybridized carbons (Fsp3) is 0.409. The van der Waals surface area contributed by atoms with E-state index < -0.39 is 12.1 Å². The number of anilines is 4. The molecule has 0 atom stereocenters. The Morgan fingerprint density at radius 2 is 1.67 bits per heavy atom. The predicted molar refractivity (Wildman–Crippen MR) is 111 cm³/mol. The molecule has 4 rings (SSSR count). The molecule has 30 heavy (non-hydrogen) atoms. The number of nitrogens with zero attached hydrogens (tertiary/aromatic N) is 3. The lowest BCUT2D eigenvalue weighted by Crippen LogP contribution is -2.38. The van der Waals surface area contributed by atoms with Crippen LogP contribution in [0.2, 0.25) is 0 Å². The van der Waals surface area contributed by atoms with E-state index in [-0.39, 0.29) is 25.4 Å². The number of alkyl halides is 3. The maximum atomic E-state index is 12.9. The summed E-state index contributed by atoms with van der Waals surface area (Å²) >= 11 is 0. The van der Waals surface area contributed by atoms with Crippen LogP contribution in [0.4, 0.5) is 35.9 Å². The van der Waals surface area contributed by atoms with Gasteiger partial charge >= 0.3 is 6.18 Å². The molecule has 0 spiro atoms. The van der Waals surface area contributed by atoms with Crippen LogP contribution in [0.3, 0.4) is 0 Å². The second-order valence-electron chi connectivity index (χ2n) is 7.77. The lowest BCUT2D eigenvalue weighted by molar-refractivity contribution is -0.179.